The molecule has 0 saturated carbocycles. The maximum Gasteiger partial charge on any atom is 0.323 e. The van der Waals surface area contributed by atoms with Crippen LogP contribution in [-0.4, -0.2) is 15.9 Å². The summed E-state index contributed by atoms with van der Waals surface area (Å²) in [5.74, 6) is -0.0428. The van der Waals surface area contributed by atoms with E-state index >= 15 is 0 Å². The molecule has 0 spiro atoms. The van der Waals surface area contributed by atoms with Gasteiger partial charge in [0.25, 0.3) is 0 Å². The summed E-state index contributed by atoms with van der Waals surface area (Å²) < 4.78 is 0. The molecule has 0 saturated heterocycles. The predicted octanol–water partition coefficient (Wildman–Crippen LogP) is 2.74. The Morgan fingerprint density at radius 1 is 1.09 bits per heavy atom. The summed E-state index contributed by atoms with van der Waals surface area (Å²) in [6.07, 6.45) is 1.13. The van der Waals surface area contributed by atoms with Crippen molar-refractivity contribution in [3.63, 3.8) is 0 Å². The number of aromatic nitrogens is 2. The molecule has 3 rings (SSSR count). The first kappa shape index (κ1) is 14.1. The quantitative estimate of drug-likeness (QED) is 0.692. The van der Waals surface area contributed by atoms with Crippen LogP contribution in [0.1, 0.15) is 17.5 Å². The Bertz CT molecular complexity index is 877. The highest BCUT2D eigenvalue weighted by Crippen LogP contribution is 2.15. The van der Waals surface area contributed by atoms with E-state index in [0.29, 0.717) is 24.0 Å². The van der Waals surface area contributed by atoms with Crippen molar-refractivity contribution in [3.05, 3.63) is 64.1 Å². The molecule has 0 aliphatic carbocycles. The Morgan fingerprint density at radius 2 is 1.91 bits per heavy atom. The van der Waals surface area contributed by atoms with Crippen LogP contribution >= 0.6 is 0 Å². The summed E-state index contributed by atoms with van der Waals surface area (Å²) in [6, 6.07) is 13.4. The van der Waals surface area contributed by atoms with Crippen molar-refractivity contribution in [1.82, 2.24) is 9.97 Å². The van der Waals surface area contributed by atoms with Crippen LogP contribution in [0.25, 0.3) is 11.0 Å². The van der Waals surface area contributed by atoms with Crippen LogP contribution < -0.4 is 11.0 Å². The number of benzene rings is 2. The van der Waals surface area contributed by atoms with E-state index < -0.39 is 0 Å². The minimum absolute atomic E-state index is 0.0428. The smallest absolute Gasteiger partial charge is 0.323 e. The highest BCUT2D eigenvalue weighted by molar-refractivity contribution is 5.93. The number of amides is 1. The summed E-state index contributed by atoms with van der Waals surface area (Å²) in [6.45, 7) is 2.04. The molecule has 3 N–H and O–H groups in total. The molecule has 5 nitrogen and oxygen atoms in total. The molecule has 0 atom stereocenters. The van der Waals surface area contributed by atoms with E-state index in [-0.39, 0.29) is 11.6 Å². The zero-order chi connectivity index (χ0) is 15.5. The maximum atomic E-state index is 12.0. The van der Waals surface area contributed by atoms with Crippen LogP contribution in [0.15, 0.2) is 47.3 Å². The zero-order valence-electron chi connectivity index (χ0n) is 12.3. The van der Waals surface area contributed by atoms with Crippen molar-refractivity contribution >= 4 is 22.6 Å². The third-order valence-electron chi connectivity index (χ3n) is 3.52. The number of hydrogen-bond acceptors (Lipinski definition) is 2. The van der Waals surface area contributed by atoms with Crippen molar-refractivity contribution in [2.24, 2.45) is 0 Å². The fourth-order valence-electron chi connectivity index (χ4n) is 2.46. The van der Waals surface area contributed by atoms with Crippen LogP contribution in [-0.2, 0) is 11.2 Å². The van der Waals surface area contributed by atoms with Gasteiger partial charge in [0.15, 0.2) is 0 Å². The standard InChI is InChI=1S/C17H17N3O2/c1-11-3-2-4-12(9-11)5-8-16(21)18-13-6-7-14-15(10-13)20-17(22)19-14/h2-4,6-7,9-10H,5,8H2,1H3,(H,18,21)(H2,19,20,22). The molecule has 1 amide bonds. The second-order valence-electron chi connectivity index (χ2n) is 5.38. The van der Waals surface area contributed by atoms with Crippen LogP contribution in [0, 0.1) is 6.92 Å². The van der Waals surface area contributed by atoms with Crippen molar-refractivity contribution < 1.29 is 4.79 Å². The summed E-state index contributed by atoms with van der Waals surface area (Å²) in [7, 11) is 0. The number of carbonyl (C=O) groups is 1. The molecule has 0 aliphatic heterocycles. The summed E-state index contributed by atoms with van der Waals surface area (Å²) in [5, 5.41) is 2.85. The fourth-order valence-corrected chi connectivity index (χ4v) is 2.46. The lowest BCUT2D eigenvalue weighted by Gasteiger charge is -2.06. The van der Waals surface area contributed by atoms with Gasteiger partial charge in [-0.1, -0.05) is 29.8 Å². The number of aromatic amines is 2. The van der Waals surface area contributed by atoms with E-state index in [1.54, 1.807) is 18.2 Å². The Morgan fingerprint density at radius 3 is 2.73 bits per heavy atom. The highest BCUT2D eigenvalue weighted by Gasteiger charge is 2.05. The van der Waals surface area contributed by atoms with Crippen LogP contribution in [0.2, 0.25) is 0 Å². The zero-order valence-corrected chi connectivity index (χ0v) is 12.3. The molecule has 22 heavy (non-hydrogen) atoms. The molecule has 112 valence electrons. The SMILES string of the molecule is Cc1cccc(CCC(=O)Nc2ccc3[nH]c(=O)[nH]c3c2)c1. The summed E-state index contributed by atoms with van der Waals surface area (Å²) in [4.78, 5) is 28.6. The Kier molecular flexibility index (Phi) is 3.78. The van der Waals surface area contributed by atoms with Gasteiger partial charge in [-0.05, 0) is 37.1 Å². The highest BCUT2D eigenvalue weighted by atomic mass is 16.1. The lowest BCUT2D eigenvalue weighted by molar-refractivity contribution is -0.116. The number of rotatable bonds is 4. The maximum absolute atomic E-state index is 12.0. The van der Waals surface area contributed by atoms with Gasteiger partial charge in [-0.25, -0.2) is 4.79 Å². The average Bonchev–Trinajstić information content (AvgIpc) is 2.84. The first-order valence-electron chi connectivity index (χ1n) is 7.17. The number of anilines is 1. The molecular weight excluding hydrogens is 278 g/mol. The molecule has 1 heterocycles. The Balaban J connectivity index is 1.64. The molecule has 1 aromatic heterocycles. The second kappa shape index (κ2) is 5.89. The van der Waals surface area contributed by atoms with Crippen molar-refractivity contribution in [3.8, 4) is 0 Å². The first-order valence-corrected chi connectivity index (χ1v) is 7.17. The summed E-state index contributed by atoms with van der Waals surface area (Å²) >= 11 is 0. The normalized spacial score (nSPS) is 10.8. The number of carbonyl (C=O) groups excluding carboxylic acids is 1. The van der Waals surface area contributed by atoms with Gasteiger partial charge >= 0.3 is 5.69 Å². The Labute approximate surface area is 127 Å². The largest absolute Gasteiger partial charge is 0.326 e. The van der Waals surface area contributed by atoms with Gasteiger partial charge in [-0.15, -0.1) is 0 Å². The van der Waals surface area contributed by atoms with E-state index in [1.165, 1.54) is 5.56 Å². The molecule has 0 aliphatic rings. The van der Waals surface area contributed by atoms with Gasteiger partial charge in [-0.3, -0.25) is 4.79 Å². The van der Waals surface area contributed by atoms with Gasteiger partial charge in [-0.2, -0.15) is 0 Å². The molecule has 0 radical (unpaired) electrons. The summed E-state index contributed by atoms with van der Waals surface area (Å²) in [5.41, 5.74) is 4.18. The van der Waals surface area contributed by atoms with Crippen molar-refractivity contribution in [2.45, 2.75) is 19.8 Å². The van der Waals surface area contributed by atoms with E-state index in [9.17, 15) is 9.59 Å². The van der Waals surface area contributed by atoms with E-state index in [4.69, 9.17) is 0 Å². The third-order valence-corrected chi connectivity index (χ3v) is 3.52. The molecule has 5 heteroatoms. The Hall–Kier alpha value is -2.82. The fraction of sp³-hybridized carbons (Fsp3) is 0.176. The van der Waals surface area contributed by atoms with Crippen molar-refractivity contribution in [2.75, 3.05) is 5.32 Å². The molecule has 2 aromatic carbocycles. The number of fused-ring (bicyclic) bond motifs is 1. The minimum atomic E-state index is -0.252. The topological polar surface area (TPSA) is 77.8 Å². The molecule has 0 bridgehead atoms. The van der Waals surface area contributed by atoms with Crippen LogP contribution in [0.4, 0.5) is 5.69 Å². The lowest BCUT2D eigenvalue weighted by Crippen LogP contribution is -2.12. The lowest BCUT2D eigenvalue weighted by atomic mass is 10.1. The predicted molar refractivity (Wildman–Crippen MR) is 87.0 cm³/mol. The number of nitrogens with one attached hydrogen (secondary N) is 3. The van der Waals surface area contributed by atoms with Crippen molar-refractivity contribution in [1.29, 1.82) is 0 Å². The van der Waals surface area contributed by atoms with Crippen LogP contribution in [0.5, 0.6) is 0 Å². The van der Waals surface area contributed by atoms with E-state index in [1.807, 2.05) is 25.1 Å². The number of H-pyrrole nitrogens is 2. The first-order chi connectivity index (χ1) is 10.6. The second-order valence-corrected chi connectivity index (χ2v) is 5.38. The minimum Gasteiger partial charge on any atom is -0.326 e. The van der Waals surface area contributed by atoms with Crippen LogP contribution in [0.3, 0.4) is 0 Å². The van der Waals surface area contributed by atoms with Gasteiger partial charge in [0.1, 0.15) is 0 Å². The number of aryl methyl sites for hydroxylation is 2. The monoisotopic (exact) mass is 295 g/mol. The molecule has 0 fully saturated rings. The van der Waals surface area contributed by atoms with Gasteiger partial charge in [0.2, 0.25) is 5.91 Å². The molecular formula is C17H17N3O2. The number of hydrogen-bond donors (Lipinski definition) is 3. The van der Waals surface area contributed by atoms with Gasteiger partial charge in [0, 0.05) is 12.1 Å². The molecule has 3 aromatic rings. The number of imidazole rings is 1. The van der Waals surface area contributed by atoms with Gasteiger partial charge in [0.05, 0.1) is 11.0 Å². The third kappa shape index (κ3) is 3.25. The average molecular weight is 295 g/mol. The van der Waals surface area contributed by atoms with E-state index in [0.717, 1.165) is 11.1 Å². The molecule has 0 unspecified atom stereocenters. The van der Waals surface area contributed by atoms with E-state index in [2.05, 4.69) is 21.4 Å². The van der Waals surface area contributed by atoms with Gasteiger partial charge < -0.3 is 15.3 Å².